The Morgan fingerprint density at radius 3 is 3.00 bits per heavy atom. The van der Waals surface area contributed by atoms with Crippen molar-refractivity contribution in [2.45, 2.75) is 0 Å². The highest BCUT2D eigenvalue weighted by Gasteiger charge is 2.14. The van der Waals surface area contributed by atoms with Gasteiger partial charge in [-0.15, -0.1) is 0 Å². The molecule has 2 heterocycles. The van der Waals surface area contributed by atoms with Gasteiger partial charge in [-0.2, -0.15) is 5.10 Å². The van der Waals surface area contributed by atoms with Crippen molar-refractivity contribution in [1.82, 2.24) is 19.6 Å². The third-order valence-electron chi connectivity index (χ3n) is 1.60. The van der Waals surface area contributed by atoms with Crippen molar-refractivity contribution in [2.24, 2.45) is 0 Å². The lowest BCUT2D eigenvalue weighted by Gasteiger charge is -1.96. The smallest absolute Gasteiger partial charge is 0.422 e. The zero-order chi connectivity index (χ0) is 9.42. The molecule has 0 unspecified atom stereocenters. The van der Waals surface area contributed by atoms with Crippen molar-refractivity contribution in [1.29, 1.82) is 0 Å². The summed E-state index contributed by atoms with van der Waals surface area (Å²) in [5.41, 5.74) is -0.0731. The maximum absolute atomic E-state index is 10.9. The van der Waals surface area contributed by atoms with E-state index < -0.39 is 12.8 Å². The van der Waals surface area contributed by atoms with Crippen LogP contribution in [-0.4, -0.2) is 36.7 Å². The van der Waals surface area contributed by atoms with Crippen LogP contribution in [0.4, 0.5) is 0 Å². The average Bonchev–Trinajstić information content (AvgIpc) is 2.47. The van der Waals surface area contributed by atoms with Crippen molar-refractivity contribution >= 4 is 18.4 Å². The van der Waals surface area contributed by atoms with E-state index in [4.69, 9.17) is 10.0 Å². The van der Waals surface area contributed by atoms with E-state index in [0.717, 1.165) is 4.40 Å². The van der Waals surface area contributed by atoms with E-state index in [1.807, 2.05) is 0 Å². The fourth-order valence-corrected chi connectivity index (χ4v) is 0.965. The van der Waals surface area contributed by atoms with Crippen LogP contribution in [0, 0.1) is 0 Å². The number of rotatable bonds is 1. The minimum atomic E-state index is -1.66. The highest BCUT2D eigenvalue weighted by Crippen LogP contribution is 1.88. The molecule has 7 nitrogen and oxygen atoms in total. The molecule has 0 amide bonds. The van der Waals surface area contributed by atoms with E-state index in [-0.39, 0.29) is 5.59 Å². The van der Waals surface area contributed by atoms with Crippen LogP contribution in [0.2, 0.25) is 0 Å². The van der Waals surface area contributed by atoms with E-state index in [2.05, 4.69) is 15.2 Å². The first-order chi connectivity index (χ1) is 6.18. The van der Waals surface area contributed by atoms with Gasteiger partial charge in [0.25, 0.3) is 0 Å². The van der Waals surface area contributed by atoms with Crippen molar-refractivity contribution in [3.8, 4) is 0 Å². The number of hydrogen-bond donors (Lipinski definition) is 3. The van der Waals surface area contributed by atoms with Crippen LogP contribution in [-0.2, 0) is 0 Å². The zero-order valence-corrected chi connectivity index (χ0v) is 6.38. The van der Waals surface area contributed by atoms with Gasteiger partial charge in [0.1, 0.15) is 6.33 Å². The van der Waals surface area contributed by atoms with Gasteiger partial charge in [0, 0.05) is 6.07 Å². The molecule has 66 valence electrons. The van der Waals surface area contributed by atoms with Gasteiger partial charge in [0.05, 0.1) is 5.59 Å². The topological polar surface area (TPSA) is 104 Å². The summed E-state index contributed by atoms with van der Waals surface area (Å²) in [6, 6.07) is 1.31. The average molecular weight is 180 g/mol. The van der Waals surface area contributed by atoms with Gasteiger partial charge in [0.2, 0.25) is 0 Å². The van der Waals surface area contributed by atoms with Crippen LogP contribution < -0.4 is 11.3 Å². The van der Waals surface area contributed by atoms with Crippen LogP contribution in [0.5, 0.6) is 0 Å². The molecule has 0 aliphatic heterocycles. The molecule has 0 saturated carbocycles. The summed E-state index contributed by atoms with van der Waals surface area (Å²) in [4.78, 5) is 14.6. The summed E-state index contributed by atoms with van der Waals surface area (Å²) in [5, 5.41) is 23.3. The van der Waals surface area contributed by atoms with Crippen molar-refractivity contribution in [3.05, 3.63) is 22.9 Å². The largest absolute Gasteiger partial charge is 0.508 e. The summed E-state index contributed by atoms with van der Waals surface area (Å²) in [5.74, 6) is 0. The Balaban J connectivity index is 2.70. The van der Waals surface area contributed by atoms with Gasteiger partial charge < -0.3 is 10.0 Å². The Hall–Kier alpha value is -1.67. The fourth-order valence-electron chi connectivity index (χ4n) is 0.965. The summed E-state index contributed by atoms with van der Waals surface area (Å²) in [6.45, 7) is 0. The third kappa shape index (κ3) is 1.21. The Morgan fingerprint density at radius 2 is 2.31 bits per heavy atom. The molecular weight excluding hydrogens is 175 g/mol. The summed E-state index contributed by atoms with van der Waals surface area (Å²) in [7, 11) is -1.66. The number of H-pyrrole nitrogens is 1. The van der Waals surface area contributed by atoms with Gasteiger partial charge in [-0.3, -0.25) is 0 Å². The third-order valence-corrected chi connectivity index (χ3v) is 1.60. The SMILES string of the molecule is O=c1[nH]nc2cc(B(O)O)ncn12. The minimum absolute atomic E-state index is 0.0477. The second-order valence-electron chi connectivity index (χ2n) is 2.44. The molecule has 2 aromatic heterocycles. The molecule has 3 N–H and O–H groups in total. The molecule has 0 aromatic carbocycles. The molecule has 0 spiro atoms. The first-order valence-electron chi connectivity index (χ1n) is 3.47. The van der Waals surface area contributed by atoms with Gasteiger partial charge >= 0.3 is 12.8 Å². The van der Waals surface area contributed by atoms with Crippen LogP contribution >= 0.6 is 0 Å². The van der Waals surface area contributed by atoms with Gasteiger partial charge in [-0.25, -0.2) is 19.3 Å². The maximum atomic E-state index is 10.9. The molecule has 0 radical (unpaired) electrons. The molecule has 0 bridgehead atoms. The second-order valence-corrected chi connectivity index (χ2v) is 2.44. The second kappa shape index (κ2) is 2.68. The number of nitrogens with one attached hydrogen (secondary N) is 1. The first kappa shape index (κ1) is 7.96. The highest BCUT2D eigenvalue weighted by atomic mass is 16.4. The molecule has 2 aromatic rings. The predicted molar refractivity (Wildman–Crippen MR) is 43.4 cm³/mol. The fraction of sp³-hybridized carbons (Fsp3) is 0. The monoisotopic (exact) mass is 180 g/mol. The molecule has 13 heavy (non-hydrogen) atoms. The highest BCUT2D eigenvalue weighted by molar-refractivity contribution is 6.57. The number of nitrogens with zero attached hydrogens (tertiary/aromatic N) is 3. The Kier molecular flexibility index (Phi) is 1.64. The Bertz CT molecular complexity index is 490. The predicted octanol–water partition coefficient (Wildman–Crippen LogP) is -2.90. The van der Waals surface area contributed by atoms with Crippen LogP contribution in [0.1, 0.15) is 0 Å². The van der Waals surface area contributed by atoms with E-state index >= 15 is 0 Å². The number of aromatic amines is 1. The molecule has 0 atom stereocenters. The van der Waals surface area contributed by atoms with E-state index in [9.17, 15) is 4.79 Å². The molecule has 8 heteroatoms. The van der Waals surface area contributed by atoms with E-state index in [1.54, 1.807) is 0 Å². The summed E-state index contributed by atoms with van der Waals surface area (Å²) in [6.07, 6.45) is 1.18. The Labute approximate surface area is 71.8 Å². The first-order valence-corrected chi connectivity index (χ1v) is 3.47. The lowest BCUT2D eigenvalue weighted by atomic mass is 9.86. The van der Waals surface area contributed by atoms with Gasteiger partial charge in [0.15, 0.2) is 5.65 Å². The van der Waals surface area contributed by atoms with Crippen LogP contribution in [0.15, 0.2) is 17.2 Å². The van der Waals surface area contributed by atoms with Gasteiger partial charge in [-0.1, -0.05) is 0 Å². The minimum Gasteiger partial charge on any atom is -0.422 e. The van der Waals surface area contributed by atoms with Crippen LogP contribution in [0.3, 0.4) is 0 Å². The molecular formula is C5H5BN4O3. The zero-order valence-electron chi connectivity index (χ0n) is 6.38. The normalized spacial score (nSPS) is 10.6. The Morgan fingerprint density at radius 1 is 1.54 bits per heavy atom. The number of fused-ring (bicyclic) bond motifs is 1. The van der Waals surface area contributed by atoms with E-state index in [0.29, 0.717) is 5.65 Å². The lowest BCUT2D eigenvalue weighted by molar-refractivity contribution is 0.424. The lowest BCUT2D eigenvalue weighted by Crippen LogP contribution is -2.33. The van der Waals surface area contributed by atoms with Gasteiger partial charge in [-0.05, 0) is 0 Å². The van der Waals surface area contributed by atoms with Crippen molar-refractivity contribution in [3.63, 3.8) is 0 Å². The standard InChI is InChI=1S/C5H5BN4O3/c11-5-9-8-4-1-3(6(12)13)7-2-10(4)5/h1-2,12-13H,(H,9,11). The number of hydrogen-bond acceptors (Lipinski definition) is 5. The quantitative estimate of drug-likeness (QED) is 0.408. The van der Waals surface area contributed by atoms with E-state index in [1.165, 1.54) is 12.4 Å². The van der Waals surface area contributed by atoms with Crippen LogP contribution in [0.25, 0.3) is 5.65 Å². The van der Waals surface area contributed by atoms with Crippen molar-refractivity contribution in [2.75, 3.05) is 0 Å². The molecule has 0 aliphatic carbocycles. The maximum Gasteiger partial charge on any atom is 0.508 e. The summed E-state index contributed by atoms with van der Waals surface area (Å²) < 4.78 is 1.16. The van der Waals surface area contributed by atoms with Crippen molar-refractivity contribution < 1.29 is 10.0 Å². The molecule has 0 saturated heterocycles. The number of aromatic nitrogens is 4. The molecule has 0 aliphatic rings. The molecule has 0 fully saturated rings. The summed E-state index contributed by atoms with van der Waals surface area (Å²) >= 11 is 0. The molecule has 2 rings (SSSR count).